The molecule has 1 rings (SSSR count). The van der Waals surface area contributed by atoms with Crippen molar-refractivity contribution < 1.29 is 8.42 Å². The number of thioether (sulfide) groups is 1. The Morgan fingerprint density at radius 2 is 2.12 bits per heavy atom. The van der Waals surface area contributed by atoms with Crippen LogP contribution >= 0.6 is 27.7 Å². The molecule has 0 aromatic heterocycles. The average Bonchev–Trinajstić information content (AvgIpc) is 2.23. The highest BCUT2D eigenvalue weighted by Crippen LogP contribution is 2.28. The van der Waals surface area contributed by atoms with Gasteiger partial charge in [0.25, 0.3) is 0 Å². The molecule has 3 nitrogen and oxygen atoms in total. The monoisotopic (exact) mass is 323 g/mol. The first kappa shape index (κ1) is 13.9. The first-order valence-electron chi connectivity index (χ1n) is 4.83. The molecule has 0 saturated carbocycles. The fraction of sp³-hybridized carbons (Fsp3) is 0.400. The van der Waals surface area contributed by atoms with Gasteiger partial charge in [0, 0.05) is 26.6 Å². The summed E-state index contributed by atoms with van der Waals surface area (Å²) in [5, 5.41) is 0. The summed E-state index contributed by atoms with van der Waals surface area (Å²) < 4.78 is 23.5. The number of hydrogen-bond acceptors (Lipinski definition) is 4. The lowest BCUT2D eigenvalue weighted by molar-refractivity contribution is 0.599. The molecular weight excluding hydrogens is 310 g/mol. The molecule has 0 amide bonds. The second kappa shape index (κ2) is 5.93. The van der Waals surface area contributed by atoms with Crippen molar-refractivity contribution in [1.29, 1.82) is 0 Å². The molecule has 0 bridgehead atoms. The van der Waals surface area contributed by atoms with E-state index in [0.717, 1.165) is 9.37 Å². The zero-order chi connectivity index (χ0) is 12.2. The SMILES string of the molecule is CCS(=O)(=O)CCSc1cc(Br)ccc1N. The van der Waals surface area contributed by atoms with Gasteiger partial charge in [0.05, 0.1) is 5.75 Å². The van der Waals surface area contributed by atoms with Crippen LogP contribution in [0.5, 0.6) is 0 Å². The lowest BCUT2D eigenvalue weighted by Crippen LogP contribution is -2.10. The van der Waals surface area contributed by atoms with Gasteiger partial charge in [-0.2, -0.15) is 0 Å². The molecule has 0 atom stereocenters. The van der Waals surface area contributed by atoms with Crippen LogP contribution in [-0.2, 0) is 9.84 Å². The van der Waals surface area contributed by atoms with Crippen LogP contribution in [-0.4, -0.2) is 25.7 Å². The number of benzene rings is 1. The molecule has 0 aliphatic heterocycles. The van der Waals surface area contributed by atoms with Crippen LogP contribution in [0.25, 0.3) is 0 Å². The maximum absolute atomic E-state index is 11.3. The van der Waals surface area contributed by atoms with Gasteiger partial charge < -0.3 is 5.73 Å². The summed E-state index contributed by atoms with van der Waals surface area (Å²) in [7, 11) is -2.89. The Balaban J connectivity index is 2.59. The van der Waals surface area contributed by atoms with Gasteiger partial charge in [-0.15, -0.1) is 11.8 Å². The zero-order valence-electron chi connectivity index (χ0n) is 8.94. The highest BCUT2D eigenvalue weighted by molar-refractivity contribution is 9.10. The third kappa shape index (κ3) is 4.35. The Morgan fingerprint density at radius 3 is 2.75 bits per heavy atom. The van der Waals surface area contributed by atoms with Gasteiger partial charge in [0.1, 0.15) is 0 Å². The topological polar surface area (TPSA) is 60.2 Å². The predicted molar refractivity (Wildman–Crippen MR) is 73.6 cm³/mol. The van der Waals surface area contributed by atoms with Gasteiger partial charge in [-0.1, -0.05) is 22.9 Å². The van der Waals surface area contributed by atoms with E-state index in [0.29, 0.717) is 11.4 Å². The van der Waals surface area contributed by atoms with Gasteiger partial charge in [-0.3, -0.25) is 0 Å². The highest BCUT2D eigenvalue weighted by Gasteiger charge is 2.08. The Labute approximate surface area is 109 Å². The van der Waals surface area contributed by atoms with Gasteiger partial charge in [0.2, 0.25) is 0 Å². The number of nitrogen functional groups attached to an aromatic ring is 1. The molecule has 16 heavy (non-hydrogen) atoms. The van der Waals surface area contributed by atoms with Gasteiger partial charge in [-0.25, -0.2) is 8.42 Å². The average molecular weight is 324 g/mol. The summed E-state index contributed by atoms with van der Waals surface area (Å²) in [6, 6.07) is 5.57. The van der Waals surface area contributed by atoms with Crippen molar-refractivity contribution in [2.75, 3.05) is 23.0 Å². The van der Waals surface area contributed by atoms with E-state index < -0.39 is 9.84 Å². The summed E-state index contributed by atoms with van der Waals surface area (Å²) in [6.45, 7) is 1.66. The molecule has 6 heteroatoms. The molecule has 2 N–H and O–H groups in total. The largest absolute Gasteiger partial charge is 0.398 e. The van der Waals surface area contributed by atoms with E-state index in [4.69, 9.17) is 5.73 Å². The number of rotatable bonds is 5. The van der Waals surface area contributed by atoms with Crippen molar-refractivity contribution in [2.45, 2.75) is 11.8 Å². The van der Waals surface area contributed by atoms with E-state index in [9.17, 15) is 8.42 Å². The number of hydrogen-bond donors (Lipinski definition) is 1. The van der Waals surface area contributed by atoms with Crippen molar-refractivity contribution in [3.63, 3.8) is 0 Å². The molecule has 0 unspecified atom stereocenters. The second-order valence-corrected chi connectivity index (χ2v) is 7.79. The number of halogens is 1. The van der Waals surface area contributed by atoms with Crippen molar-refractivity contribution in [2.24, 2.45) is 0 Å². The minimum atomic E-state index is -2.89. The molecule has 0 heterocycles. The minimum Gasteiger partial charge on any atom is -0.398 e. The van der Waals surface area contributed by atoms with Gasteiger partial charge >= 0.3 is 0 Å². The molecule has 0 saturated heterocycles. The summed E-state index contributed by atoms with van der Waals surface area (Å²) >= 11 is 4.82. The second-order valence-electron chi connectivity index (χ2n) is 3.27. The van der Waals surface area contributed by atoms with Gasteiger partial charge in [0.15, 0.2) is 9.84 Å². The molecule has 0 spiro atoms. The van der Waals surface area contributed by atoms with Crippen LogP contribution in [0.4, 0.5) is 5.69 Å². The molecule has 0 fully saturated rings. The Hall–Kier alpha value is -0.200. The van der Waals surface area contributed by atoms with E-state index in [1.165, 1.54) is 11.8 Å². The van der Waals surface area contributed by atoms with Crippen LogP contribution in [0.2, 0.25) is 0 Å². The number of nitrogens with two attached hydrogens (primary N) is 1. The van der Waals surface area contributed by atoms with Crippen LogP contribution in [0.3, 0.4) is 0 Å². The van der Waals surface area contributed by atoms with Crippen LogP contribution in [0, 0.1) is 0 Å². The number of sulfone groups is 1. The third-order valence-corrected chi connectivity index (χ3v) is 5.60. The molecule has 1 aromatic carbocycles. The Bertz CT molecular complexity index is 460. The van der Waals surface area contributed by atoms with Crippen LogP contribution < -0.4 is 5.73 Å². The smallest absolute Gasteiger partial charge is 0.150 e. The van der Waals surface area contributed by atoms with E-state index >= 15 is 0 Å². The van der Waals surface area contributed by atoms with E-state index in [2.05, 4.69) is 15.9 Å². The lowest BCUT2D eigenvalue weighted by atomic mass is 10.3. The van der Waals surface area contributed by atoms with Crippen molar-refractivity contribution in [3.05, 3.63) is 22.7 Å². The summed E-state index contributed by atoms with van der Waals surface area (Å²) in [4.78, 5) is 0.917. The third-order valence-electron chi connectivity index (χ3n) is 2.07. The summed E-state index contributed by atoms with van der Waals surface area (Å²) in [5.41, 5.74) is 6.46. The standard InChI is InChI=1S/C10H14BrNO2S2/c1-2-16(13,14)6-5-15-10-7-8(11)3-4-9(10)12/h3-4,7H,2,5-6,12H2,1H3. The van der Waals surface area contributed by atoms with Crippen LogP contribution in [0.15, 0.2) is 27.6 Å². The highest BCUT2D eigenvalue weighted by atomic mass is 79.9. The summed E-state index contributed by atoms with van der Waals surface area (Å²) in [6.07, 6.45) is 0. The van der Waals surface area contributed by atoms with Gasteiger partial charge in [-0.05, 0) is 18.2 Å². The molecule has 1 aromatic rings. The molecule has 0 radical (unpaired) electrons. The zero-order valence-corrected chi connectivity index (χ0v) is 12.2. The quantitative estimate of drug-likeness (QED) is 0.668. The fourth-order valence-corrected chi connectivity index (χ4v) is 3.87. The Morgan fingerprint density at radius 1 is 1.44 bits per heavy atom. The van der Waals surface area contributed by atoms with E-state index in [1.807, 2.05) is 12.1 Å². The summed E-state index contributed by atoms with van der Waals surface area (Å²) in [5.74, 6) is 0.929. The van der Waals surface area contributed by atoms with Crippen molar-refractivity contribution >= 4 is 43.2 Å². The maximum atomic E-state index is 11.3. The van der Waals surface area contributed by atoms with Crippen molar-refractivity contribution in [3.8, 4) is 0 Å². The molecule has 0 aliphatic rings. The fourth-order valence-electron chi connectivity index (χ4n) is 1.06. The first-order valence-corrected chi connectivity index (χ1v) is 8.43. The molecular formula is C10H14BrNO2S2. The van der Waals surface area contributed by atoms with Crippen LogP contribution in [0.1, 0.15) is 6.92 Å². The molecule has 0 aliphatic carbocycles. The number of anilines is 1. The predicted octanol–water partition coefficient (Wildman–Crippen LogP) is 2.56. The first-order chi connectivity index (χ1) is 7.44. The van der Waals surface area contributed by atoms with E-state index in [-0.39, 0.29) is 11.5 Å². The normalized spacial score (nSPS) is 11.6. The minimum absolute atomic E-state index is 0.195. The van der Waals surface area contributed by atoms with Crippen molar-refractivity contribution in [1.82, 2.24) is 0 Å². The Kier molecular flexibility index (Phi) is 5.14. The van der Waals surface area contributed by atoms with E-state index in [1.54, 1.807) is 13.0 Å². The molecule has 90 valence electrons. The maximum Gasteiger partial charge on any atom is 0.150 e. The lowest BCUT2D eigenvalue weighted by Gasteiger charge is -2.05.